The van der Waals surface area contributed by atoms with Gasteiger partial charge in [0.1, 0.15) is 11.9 Å². The number of rotatable bonds is 2. The van der Waals surface area contributed by atoms with Gasteiger partial charge in [0.05, 0.1) is 0 Å². The molecule has 2 atom stereocenters. The summed E-state index contributed by atoms with van der Waals surface area (Å²) in [6, 6.07) is 3.51. The predicted octanol–water partition coefficient (Wildman–Crippen LogP) is 2.65. The fraction of sp³-hybridized carbons (Fsp3) is 0.692. The van der Waals surface area contributed by atoms with Gasteiger partial charge in [0, 0.05) is 6.07 Å². The summed E-state index contributed by atoms with van der Waals surface area (Å²) in [5, 5.41) is 7.75. The fourth-order valence-corrected chi connectivity index (χ4v) is 2.91. The highest BCUT2D eigenvalue weighted by molar-refractivity contribution is 5.27. The van der Waals surface area contributed by atoms with Gasteiger partial charge < -0.3 is 10.5 Å². The smallest absolute Gasteiger partial charge is 0.233 e. The number of aromatic nitrogens is 2. The van der Waals surface area contributed by atoms with E-state index in [2.05, 4.69) is 31.0 Å². The van der Waals surface area contributed by atoms with E-state index in [1.807, 2.05) is 0 Å². The number of nitrogens with zero attached hydrogens (tertiary/aromatic N) is 2. The molecule has 2 rings (SSSR count). The van der Waals surface area contributed by atoms with Gasteiger partial charge in [-0.25, -0.2) is 0 Å². The minimum absolute atomic E-state index is 0.242. The van der Waals surface area contributed by atoms with Crippen molar-refractivity contribution < 1.29 is 4.74 Å². The van der Waals surface area contributed by atoms with E-state index in [1.54, 1.807) is 12.1 Å². The Balaban J connectivity index is 2.01. The first-order valence-corrected chi connectivity index (χ1v) is 6.20. The largest absolute Gasteiger partial charge is 0.473 e. The molecule has 0 aromatic carbocycles. The molecule has 1 aromatic heterocycles. The maximum absolute atomic E-state index is 5.89. The monoisotopic (exact) mass is 235 g/mol. The highest BCUT2D eigenvalue weighted by Crippen LogP contribution is 2.39. The molecule has 2 unspecified atom stereocenters. The first-order chi connectivity index (χ1) is 7.94. The molecule has 0 aliphatic heterocycles. The summed E-state index contributed by atoms with van der Waals surface area (Å²) >= 11 is 0. The van der Waals surface area contributed by atoms with Crippen molar-refractivity contribution in [1.29, 1.82) is 0 Å². The predicted molar refractivity (Wildman–Crippen MR) is 67.7 cm³/mol. The molecule has 1 aliphatic carbocycles. The summed E-state index contributed by atoms with van der Waals surface area (Å²) in [5.41, 5.74) is 5.85. The molecule has 0 spiro atoms. The molecule has 1 aliphatic rings. The Morgan fingerprint density at radius 1 is 1.29 bits per heavy atom. The number of nitrogen functional groups attached to an aromatic ring is 1. The first-order valence-electron chi connectivity index (χ1n) is 6.20. The van der Waals surface area contributed by atoms with Gasteiger partial charge in [0.15, 0.2) is 0 Å². The second-order valence-corrected chi connectivity index (χ2v) is 5.95. The van der Waals surface area contributed by atoms with E-state index in [9.17, 15) is 0 Å². The third kappa shape index (κ3) is 3.32. The van der Waals surface area contributed by atoms with E-state index in [4.69, 9.17) is 10.5 Å². The van der Waals surface area contributed by atoms with Crippen molar-refractivity contribution in [3.63, 3.8) is 0 Å². The zero-order valence-electron chi connectivity index (χ0n) is 10.8. The van der Waals surface area contributed by atoms with E-state index in [0.29, 0.717) is 23.0 Å². The minimum Gasteiger partial charge on any atom is -0.473 e. The molecule has 1 saturated carbocycles. The van der Waals surface area contributed by atoms with Gasteiger partial charge in [0.25, 0.3) is 0 Å². The first kappa shape index (κ1) is 12.1. The fourth-order valence-electron chi connectivity index (χ4n) is 2.91. The normalized spacial score (nSPS) is 27.7. The molecule has 0 saturated heterocycles. The lowest BCUT2D eigenvalue weighted by Gasteiger charge is -2.38. The molecule has 1 fully saturated rings. The molecule has 1 heterocycles. The molecule has 1 aromatic rings. The Morgan fingerprint density at radius 2 is 2.06 bits per heavy atom. The van der Waals surface area contributed by atoms with E-state index in [-0.39, 0.29) is 6.10 Å². The lowest BCUT2D eigenvalue weighted by atomic mass is 9.71. The van der Waals surface area contributed by atoms with Crippen molar-refractivity contribution in [1.82, 2.24) is 10.2 Å². The summed E-state index contributed by atoms with van der Waals surface area (Å²) in [4.78, 5) is 0. The van der Waals surface area contributed by atoms with Crippen molar-refractivity contribution in [2.24, 2.45) is 11.3 Å². The highest BCUT2D eigenvalue weighted by Gasteiger charge is 2.33. The average molecular weight is 235 g/mol. The maximum Gasteiger partial charge on any atom is 0.233 e. The van der Waals surface area contributed by atoms with Gasteiger partial charge >= 0.3 is 0 Å². The van der Waals surface area contributed by atoms with Crippen LogP contribution in [0.4, 0.5) is 5.82 Å². The molecular weight excluding hydrogens is 214 g/mol. The van der Waals surface area contributed by atoms with E-state index < -0.39 is 0 Å². The number of hydrogen-bond acceptors (Lipinski definition) is 4. The third-order valence-corrected chi connectivity index (χ3v) is 3.29. The third-order valence-electron chi connectivity index (χ3n) is 3.29. The summed E-state index contributed by atoms with van der Waals surface area (Å²) in [5.74, 6) is 1.70. The summed E-state index contributed by atoms with van der Waals surface area (Å²) in [7, 11) is 0. The van der Waals surface area contributed by atoms with Crippen molar-refractivity contribution in [2.75, 3.05) is 5.73 Å². The average Bonchev–Trinajstić information content (AvgIpc) is 2.18. The van der Waals surface area contributed by atoms with Gasteiger partial charge in [-0.3, -0.25) is 0 Å². The Labute approximate surface area is 103 Å². The van der Waals surface area contributed by atoms with Crippen LogP contribution in [0.25, 0.3) is 0 Å². The van der Waals surface area contributed by atoms with Crippen LogP contribution >= 0.6 is 0 Å². The van der Waals surface area contributed by atoms with Crippen LogP contribution in [-0.4, -0.2) is 16.3 Å². The molecule has 0 amide bonds. The van der Waals surface area contributed by atoms with Gasteiger partial charge in [-0.1, -0.05) is 20.8 Å². The van der Waals surface area contributed by atoms with E-state index >= 15 is 0 Å². The number of hydrogen-bond donors (Lipinski definition) is 1. The van der Waals surface area contributed by atoms with Crippen molar-refractivity contribution >= 4 is 5.82 Å². The second-order valence-electron chi connectivity index (χ2n) is 5.95. The van der Waals surface area contributed by atoms with Crippen molar-refractivity contribution in [3.05, 3.63) is 12.1 Å². The van der Waals surface area contributed by atoms with Gasteiger partial charge in [-0.05, 0) is 36.7 Å². The van der Waals surface area contributed by atoms with E-state index in [0.717, 1.165) is 12.8 Å². The van der Waals surface area contributed by atoms with Crippen LogP contribution in [0, 0.1) is 11.3 Å². The molecule has 2 N–H and O–H groups in total. The standard InChI is InChI=1S/C13H21N3O/c1-9-6-10(8-13(2,3)7-9)17-12-5-4-11(14)15-16-12/h4-5,9-10H,6-8H2,1-3H3,(H2,14,15). The summed E-state index contributed by atoms with van der Waals surface area (Å²) < 4.78 is 5.89. The van der Waals surface area contributed by atoms with Crippen LogP contribution in [0.1, 0.15) is 40.0 Å². The molecular formula is C13H21N3O. The lowest BCUT2D eigenvalue weighted by Crippen LogP contribution is -2.34. The van der Waals surface area contributed by atoms with Gasteiger partial charge in [-0.2, -0.15) is 0 Å². The van der Waals surface area contributed by atoms with Crippen LogP contribution in [-0.2, 0) is 0 Å². The topological polar surface area (TPSA) is 61.0 Å². The second kappa shape index (κ2) is 4.51. The van der Waals surface area contributed by atoms with Crippen LogP contribution in [0.15, 0.2) is 12.1 Å². The number of nitrogens with two attached hydrogens (primary N) is 1. The van der Waals surface area contributed by atoms with E-state index in [1.165, 1.54) is 6.42 Å². The van der Waals surface area contributed by atoms with Crippen LogP contribution < -0.4 is 10.5 Å². The molecule has 4 heteroatoms. The van der Waals surface area contributed by atoms with Crippen LogP contribution in [0.5, 0.6) is 5.88 Å². The zero-order chi connectivity index (χ0) is 12.5. The number of anilines is 1. The Hall–Kier alpha value is -1.32. The quantitative estimate of drug-likeness (QED) is 0.856. The minimum atomic E-state index is 0.242. The SMILES string of the molecule is CC1CC(Oc2ccc(N)nn2)CC(C)(C)C1. The Morgan fingerprint density at radius 3 is 2.65 bits per heavy atom. The Bertz CT molecular complexity index is 375. The maximum atomic E-state index is 5.89. The highest BCUT2D eigenvalue weighted by atomic mass is 16.5. The number of ether oxygens (including phenoxy) is 1. The lowest BCUT2D eigenvalue weighted by molar-refractivity contribution is 0.0526. The summed E-state index contributed by atoms with van der Waals surface area (Å²) in [6.07, 6.45) is 3.67. The zero-order valence-corrected chi connectivity index (χ0v) is 10.8. The molecule has 0 radical (unpaired) electrons. The van der Waals surface area contributed by atoms with Crippen LogP contribution in [0.3, 0.4) is 0 Å². The molecule has 0 bridgehead atoms. The summed E-state index contributed by atoms with van der Waals surface area (Å²) in [6.45, 7) is 6.88. The van der Waals surface area contributed by atoms with Crippen molar-refractivity contribution in [2.45, 2.75) is 46.1 Å². The Kier molecular flexibility index (Phi) is 3.22. The van der Waals surface area contributed by atoms with Gasteiger partial charge in [0.2, 0.25) is 5.88 Å². The van der Waals surface area contributed by atoms with Gasteiger partial charge in [-0.15, -0.1) is 10.2 Å². The molecule has 17 heavy (non-hydrogen) atoms. The molecule has 4 nitrogen and oxygen atoms in total. The van der Waals surface area contributed by atoms with Crippen LogP contribution in [0.2, 0.25) is 0 Å². The van der Waals surface area contributed by atoms with Crippen molar-refractivity contribution in [3.8, 4) is 5.88 Å². The molecule has 94 valence electrons.